The van der Waals surface area contributed by atoms with Crippen LogP contribution in [0.4, 0.5) is 4.39 Å². The van der Waals surface area contributed by atoms with Crippen LogP contribution in [-0.4, -0.2) is 5.38 Å². The summed E-state index contributed by atoms with van der Waals surface area (Å²) in [6.07, 6.45) is 5.74. The van der Waals surface area contributed by atoms with Crippen molar-refractivity contribution in [1.82, 2.24) is 0 Å². The van der Waals surface area contributed by atoms with Gasteiger partial charge in [0, 0.05) is 5.38 Å². The van der Waals surface area contributed by atoms with E-state index in [1.54, 1.807) is 0 Å². The third-order valence-electron chi connectivity index (χ3n) is 3.06. The molecule has 16 heavy (non-hydrogen) atoms. The minimum Gasteiger partial charge on any atom is -0.206 e. The van der Waals surface area contributed by atoms with E-state index in [0.29, 0.717) is 9.85 Å². The van der Waals surface area contributed by atoms with E-state index >= 15 is 0 Å². The van der Waals surface area contributed by atoms with Gasteiger partial charge in [0.05, 0.1) is 4.47 Å². The van der Waals surface area contributed by atoms with Crippen molar-refractivity contribution in [2.75, 3.05) is 0 Å². The largest absolute Gasteiger partial charge is 0.206 e. The molecule has 1 saturated carbocycles. The molecule has 0 aromatic heterocycles. The molecule has 1 aromatic rings. The van der Waals surface area contributed by atoms with Crippen LogP contribution in [0.15, 0.2) is 22.7 Å². The maximum atomic E-state index is 13.0. The van der Waals surface area contributed by atoms with Gasteiger partial charge in [0.25, 0.3) is 0 Å². The van der Waals surface area contributed by atoms with E-state index in [2.05, 4.69) is 15.9 Å². The second kappa shape index (κ2) is 5.50. The lowest BCUT2D eigenvalue weighted by Crippen LogP contribution is -2.01. The van der Waals surface area contributed by atoms with Crippen molar-refractivity contribution in [3.05, 3.63) is 34.1 Å². The average molecular weight is 306 g/mol. The second-order valence-corrected chi connectivity index (χ2v) is 5.91. The summed E-state index contributed by atoms with van der Waals surface area (Å²) in [5.74, 6) is 0.568. The lowest BCUT2D eigenvalue weighted by Gasteiger charge is -2.07. The Balaban J connectivity index is 1.78. The molecule has 0 nitrogen and oxygen atoms in total. The van der Waals surface area contributed by atoms with E-state index in [9.17, 15) is 4.39 Å². The van der Waals surface area contributed by atoms with E-state index in [-0.39, 0.29) is 5.82 Å². The summed E-state index contributed by atoms with van der Waals surface area (Å²) in [5, 5.41) is 0.351. The molecule has 1 aliphatic rings. The van der Waals surface area contributed by atoms with Crippen molar-refractivity contribution < 1.29 is 4.39 Å². The number of hydrogen-bond donors (Lipinski definition) is 0. The van der Waals surface area contributed by atoms with Gasteiger partial charge in [0.15, 0.2) is 0 Å². The number of aryl methyl sites for hydroxylation is 1. The van der Waals surface area contributed by atoms with Gasteiger partial charge in [-0.3, -0.25) is 0 Å². The first-order valence-electron chi connectivity index (χ1n) is 5.75. The van der Waals surface area contributed by atoms with Crippen molar-refractivity contribution in [3.8, 4) is 0 Å². The van der Waals surface area contributed by atoms with Crippen LogP contribution in [0, 0.1) is 11.7 Å². The van der Waals surface area contributed by atoms with E-state index in [4.69, 9.17) is 11.6 Å². The highest BCUT2D eigenvalue weighted by Crippen LogP contribution is 2.37. The Morgan fingerprint density at radius 2 is 2.19 bits per heavy atom. The zero-order valence-electron chi connectivity index (χ0n) is 9.06. The normalized spacial score (nSPS) is 17.4. The SMILES string of the molecule is Fc1ccc(CCCC(Cl)C2CC2)cc1Br. The third kappa shape index (κ3) is 3.46. The van der Waals surface area contributed by atoms with Gasteiger partial charge in [-0.25, -0.2) is 4.39 Å². The molecule has 0 heterocycles. The molecule has 1 aliphatic carbocycles. The molecule has 0 bridgehead atoms. The molecule has 0 saturated heterocycles. The molecule has 3 heteroatoms. The van der Waals surface area contributed by atoms with Crippen molar-refractivity contribution in [2.45, 2.75) is 37.5 Å². The molecule has 1 unspecified atom stereocenters. The van der Waals surface area contributed by atoms with Gasteiger partial charge in [-0.2, -0.15) is 0 Å². The average Bonchev–Trinajstić information content (AvgIpc) is 3.07. The van der Waals surface area contributed by atoms with E-state index < -0.39 is 0 Å². The first-order chi connectivity index (χ1) is 7.66. The quantitative estimate of drug-likeness (QED) is 0.677. The molecule has 0 N–H and O–H groups in total. The summed E-state index contributed by atoms with van der Waals surface area (Å²) in [5.41, 5.74) is 1.17. The Morgan fingerprint density at radius 1 is 1.44 bits per heavy atom. The zero-order valence-corrected chi connectivity index (χ0v) is 11.4. The highest BCUT2D eigenvalue weighted by atomic mass is 79.9. The fraction of sp³-hybridized carbons (Fsp3) is 0.538. The summed E-state index contributed by atoms with van der Waals surface area (Å²) in [4.78, 5) is 0. The lowest BCUT2D eigenvalue weighted by atomic mass is 10.1. The van der Waals surface area contributed by atoms with E-state index in [1.807, 2.05) is 12.1 Å². The number of rotatable bonds is 5. The van der Waals surface area contributed by atoms with Gasteiger partial charge >= 0.3 is 0 Å². The Labute approximate surface area is 109 Å². The zero-order chi connectivity index (χ0) is 11.5. The highest BCUT2D eigenvalue weighted by Gasteiger charge is 2.28. The van der Waals surface area contributed by atoms with Crippen LogP contribution < -0.4 is 0 Å². The predicted molar refractivity (Wildman–Crippen MR) is 69.4 cm³/mol. The van der Waals surface area contributed by atoms with Gasteiger partial charge in [0.1, 0.15) is 5.82 Å². The fourth-order valence-electron chi connectivity index (χ4n) is 1.89. The smallest absolute Gasteiger partial charge is 0.137 e. The number of hydrogen-bond acceptors (Lipinski definition) is 0. The van der Waals surface area contributed by atoms with Crippen molar-refractivity contribution in [1.29, 1.82) is 0 Å². The van der Waals surface area contributed by atoms with Gasteiger partial charge < -0.3 is 0 Å². The molecule has 1 aromatic carbocycles. The molecular weight excluding hydrogens is 290 g/mol. The van der Waals surface area contributed by atoms with Crippen LogP contribution in [-0.2, 0) is 6.42 Å². The van der Waals surface area contributed by atoms with E-state index in [1.165, 1.54) is 24.5 Å². The fourth-order valence-corrected chi connectivity index (χ4v) is 2.72. The first kappa shape index (κ1) is 12.4. The van der Waals surface area contributed by atoms with Crippen molar-refractivity contribution in [2.24, 2.45) is 5.92 Å². The minimum absolute atomic E-state index is 0.197. The molecule has 2 rings (SSSR count). The summed E-state index contributed by atoms with van der Waals surface area (Å²) in [7, 11) is 0. The van der Waals surface area contributed by atoms with Crippen LogP contribution in [0.25, 0.3) is 0 Å². The summed E-state index contributed by atoms with van der Waals surface area (Å²) >= 11 is 9.43. The Kier molecular flexibility index (Phi) is 4.26. The standard InChI is InChI=1S/C13H15BrClF/c14-11-8-9(4-7-13(11)16)2-1-3-12(15)10-5-6-10/h4,7-8,10,12H,1-3,5-6H2. The van der Waals surface area contributed by atoms with Gasteiger partial charge in [0.2, 0.25) is 0 Å². The molecular formula is C13H15BrClF. The number of halogens is 3. The van der Waals surface area contributed by atoms with Crippen LogP contribution >= 0.6 is 27.5 Å². The molecule has 1 atom stereocenters. The Morgan fingerprint density at radius 3 is 2.81 bits per heavy atom. The second-order valence-electron chi connectivity index (χ2n) is 4.49. The molecule has 0 aliphatic heterocycles. The first-order valence-corrected chi connectivity index (χ1v) is 6.98. The maximum Gasteiger partial charge on any atom is 0.137 e. The minimum atomic E-state index is -0.197. The molecule has 0 amide bonds. The van der Waals surface area contributed by atoms with Crippen LogP contribution in [0.1, 0.15) is 31.2 Å². The lowest BCUT2D eigenvalue weighted by molar-refractivity contribution is 0.616. The predicted octanol–water partition coefficient (Wildman–Crippen LogP) is 4.93. The number of alkyl halides is 1. The number of benzene rings is 1. The van der Waals surface area contributed by atoms with Crippen molar-refractivity contribution in [3.63, 3.8) is 0 Å². The molecule has 0 spiro atoms. The van der Waals surface area contributed by atoms with Crippen molar-refractivity contribution >= 4 is 27.5 Å². The van der Waals surface area contributed by atoms with E-state index in [0.717, 1.165) is 25.2 Å². The van der Waals surface area contributed by atoms with Crippen LogP contribution in [0.5, 0.6) is 0 Å². The summed E-state index contributed by atoms with van der Waals surface area (Å²) < 4.78 is 13.5. The molecule has 88 valence electrons. The van der Waals surface area contributed by atoms with Crippen LogP contribution in [0.3, 0.4) is 0 Å². The summed E-state index contributed by atoms with van der Waals surface area (Å²) in [6, 6.07) is 5.22. The Hall–Kier alpha value is -0.0800. The third-order valence-corrected chi connectivity index (χ3v) is 4.25. The van der Waals surface area contributed by atoms with Gasteiger partial charge in [-0.05, 0) is 71.6 Å². The summed E-state index contributed by atoms with van der Waals surface area (Å²) in [6.45, 7) is 0. The van der Waals surface area contributed by atoms with Gasteiger partial charge in [-0.15, -0.1) is 11.6 Å². The molecule has 0 radical (unpaired) electrons. The van der Waals surface area contributed by atoms with Crippen LogP contribution in [0.2, 0.25) is 0 Å². The maximum absolute atomic E-state index is 13.0. The monoisotopic (exact) mass is 304 g/mol. The molecule has 1 fully saturated rings. The Bertz CT molecular complexity index is 363. The van der Waals surface area contributed by atoms with Gasteiger partial charge in [-0.1, -0.05) is 6.07 Å². The topological polar surface area (TPSA) is 0 Å². The highest BCUT2D eigenvalue weighted by molar-refractivity contribution is 9.10.